The number of nitriles is 1. The molecule has 3 aromatic rings. The van der Waals surface area contributed by atoms with Gasteiger partial charge in [0.1, 0.15) is 12.4 Å². The van der Waals surface area contributed by atoms with Gasteiger partial charge in [-0.05, 0) is 30.3 Å². The van der Waals surface area contributed by atoms with Crippen molar-refractivity contribution in [3.63, 3.8) is 0 Å². The molecule has 4 heteroatoms. The van der Waals surface area contributed by atoms with Crippen molar-refractivity contribution >= 4 is 27.0 Å². The van der Waals surface area contributed by atoms with Gasteiger partial charge >= 0.3 is 0 Å². The molecule has 0 amide bonds. The van der Waals surface area contributed by atoms with Gasteiger partial charge in [0.05, 0.1) is 22.3 Å². The molecule has 0 bridgehead atoms. The molecular formula is C14H8BrN3. The van der Waals surface area contributed by atoms with Crippen molar-refractivity contribution in [2.45, 2.75) is 0 Å². The number of benzene rings is 2. The van der Waals surface area contributed by atoms with E-state index in [1.165, 1.54) is 0 Å². The molecule has 0 radical (unpaired) electrons. The average molecular weight is 298 g/mol. The number of fused-ring (bicyclic) bond motifs is 1. The van der Waals surface area contributed by atoms with Crippen LogP contribution >= 0.6 is 15.9 Å². The van der Waals surface area contributed by atoms with Gasteiger partial charge in [-0.1, -0.05) is 28.1 Å². The normalized spacial score (nSPS) is 10.4. The van der Waals surface area contributed by atoms with Gasteiger partial charge in [0.15, 0.2) is 0 Å². The Kier molecular flexibility index (Phi) is 2.62. The zero-order valence-corrected chi connectivity index (χ0v) is 10.9. The molecular weight excluding hydrogens is 290 g/mol. The Labute approximate surface area is 112 Å². The summed E-state index contributed by atoms with van der Waals surface area (Å²) in [5.41, 5.74) is 3.37. The van der Waals surface area contributed by atoms with Gasteiger partial charge in [0.2, 0.25) is 0 Å². The fourth-order valence-electron chi connectivity index (χ4n) is 1.95. The Hall–Kier alpha value is -2.12. The Bertz CT molecular complexity index is 768. The first kappa shape index (κ1) is 11.0. The van der Waals surface area contributed by atoms with Crippen molar-refractivity contribution in [2.24, 2.45) is 0 Å². The van der Waals surface area contributed by atoms with Crippen LogP contribution in [-0.2, 0) is 0 Å². The molecule has 3 rings (SSSR count). The van der Waals surface area contributed by atoms with Crippen LogP contribution in [0.25, 0.3) is 16.7 Å². The number of aromatic nitrogens is 2. The van der Waals surface area contributed by atoms with Gasteiger partial charge in [-0.25, -0.2) is 4.98 Å². The summed E-state index contributed by atoms with van der Waals surface area (Å²) in [5.74, 6) is 0. The molecule has 0 N–H and O–H groups in total. The molecule has 0 aliphatic rings. The Morgan fingerprint density at radius 3 is 2.83 bits per heavy atom. The maximum absolute atomic E-state index is 9.18. The summed E-state index contributed by atoms with van der Waals surface area (Å²) in [7, 11) is 0. The first-order valence-corrected chi connectivity index (χ1v) is 6.21. The van der Waals surface area contributed by atoms with Crippen LogP contribution in [0.1, 0.15) is 5.56 Å². The lowest BCUT2D eigenvalue weighted by molar-refractivity contribution is 1.08. The van der Waals surface area contributed by atoms with Gasteiger partial charge < -0.3 is 0 Å². The first-order valence-electron chi connectivity index (χ1n) is 5.42. The van der Waals surface area contributed by atoms with Gasteiger partial charge in [0, 0.05) is 4.47 Å². The van der Waals surface area contributed by atoms with Crippen LogP contribution < -0.4 is 0 Å². The molecule has 0 saturated heterocycles. The van der Waals surface area contributed by atoms with E-state index in [1.54, 1.807) is 12.4 Å². The lowest BCUT2D eigenvalue weighted by Gasteiger charge is -2.07. The summed E-state index contributed by atoms with van der Waals surface area (Å²) in [6.45, 7) is 0. The highest BCUT2D eigenvalue weighted by Gasteiger charge is 2.08. The van der Waals surface area contributed by atoms with Crippen LogP contribution in [0.2, 0.25) is 0 Å². The monoisotopic (exact) mass is 297 g/mol. The minimum atomic E-state index is 0.626. The SMILES string of the molecule is N#Cc1ccc(Br)cc1-n1cnc2ccccc21. The van der Waals surface area contributed by atoms with E-state index in [0.29, 0.717) is 5.56 Å². The second kappa shape index (κ2) is 4.28. The lowest BCUT2D eigenvalue weighted by Crippen LogP contribution is -1.95. The van der Waals surface area contributed by atoms with Crippen molar-refractivity contribution in [1.82, 2.24) is 9.55 Å². The minimum absolute atomic E-state index is 0.626. The van der Waals surface area contributed by atoms with Crippen molar-refractivity contribution in [2.75, 3.05) is 0 Å². The van der Waals surface area contributed by atoms with Crippen molar-refractivity contribution in [3.8, 4) is 11.8 Å². The molecule has 0 atom stereocenters. The number of nitrogens with zero attached hydrogens (tertiary/aromatic N) is 3. The molecule has 2 aromatic carbocycles. The van der Waals surface area contributed by atoms with E-state index in [0.717, 1.165) is 21.2 Å². The van der Waals surface area contributed by atoms with Gasteiger partial charge in [-0.3, -0.25) is 4.57 Å². The van der Waals surface area contributed by atoms with E-state index >= 15 is 0 Å². The van der Waals surface area contributed by atoms with Crippen molar-refractivity contribution in [1.29, 1.82) is 5.26 Å². The molecule has 0 aliphatic carbocycles. The average Bonchev–Trinajstić information content (AvgIpc) is 2.82. The standard InChI is InChI=1S/C14H8BrN3/c15-11-6-5-10(8-16)14(7-11)18-9-17-12-3-1-2-4-13(12)18/h1-7,9H. The molecule has 0 fully saturated rings. The van der Waals surface area contributed by atoms with Crippen molar-refractivity contribution < 1.29 is 0 Å². The molecule has 18 heavy (non-hydrogen) atoms. The predicted molar refractivity (Wildman–Crippen MR) is 73.5 cm³/mol. The van der Waals surface area contributed by atoms with E-state index in [4.69, 9.17) is 0 Å². The second-order valence-electron chi connectivity index (χ2n) is 3.88. The quantitative estimate of drug-likeness (QED) is 0.688. The van der Waals surface area contributed by atoms with E-state index in [9.17, 15) is 5.26 Å². The van der Waals surface area contributed by atoms with Crippen LogP contribution in [0.5, 0.6) is 0 Å². The summed E-state index contributed by atoms with van der Waals surface area (Å²) >= 11 is 3.43. The van der Waals surface area contributed by atoms with Crippen molar-refractivity contribution in [3.05, 3.63) is 58.8 Å². The summed E-state index contributed by atoms with van der Waals surface area (Å²) in [6, 6.07) is 15.6. The number of imidazole rings is 1. The maximum Gasteiger partial charge on any atom is 0.101 e. The van der Waals surface area contributed by atoms with Gasteiger partial charge in [-0.15, -0.1) is 0 Å². The molecule has 0 unspecified atom stereocenters. The van der Waals surface area contributed by atoms with E-state index in [1.807, 2.05) is 41.0 Å². The fraction of sp³-hybridized carbons (Fsp3) is 0. The third-order valence-electron chi connectivity index (χ3n) is 2.79. The number of rotatable bonds is 1. The second-order valence-corrected chi connectivity index (χ2v) is 4.79. The molecule has 1 heterocycles. The van der Waals surface area contributed by atoms with Gasteiger partial charge in [-0.2, -0.15) is 5.26 Å². The molecule has 0 spiro atoms. The van der Waals surface area contributed by atoms with Crippen LogP contribution in [0, 0.1) is 11.3 Å². The molecule has 1 aromatic heterocycles. The first-order chi connectivity index (χ1) is 8.79. The zero-order chi connectivity index (χ0) is 12.5. The Morgan fingerprint density at radius 1 is 1.17 bits per heavy atom. The highest BCUT2D eigenvalue weighted by molar-refractivity contribution is 9.10. The van der Waals surface area contributed by atoms with Crippen LogP contribution in [0.15, 0.2) is 53.3 Å². The highest BCUT2D eigenvalue weighted by Crippen LogP contribution is 2.23. The highest BCUT2D eigenvalue weighted by atomic mass is 79.9. The zero-order valence-electron chi connectivity index (χ0n) is 9.34. The van der Waals surface area contributed by atoms with E-state index < -0.39 is 0 Å². The number of para-hydroxylation sites is 2. The van der Waals surface area contributed by atoms with Gasteiger partial charge in [0.25, 0.3) is 0 Å². The number of halogens is 1. The molecule has 86 valence electrons. The van der Waals surface area contributed by atoms with E-state index in [2.05, 4.69) is 27.0 Å². The minimum Gasteiger partial charge on any atom is -0.297 e. The summed E-state index contributed by atoms with van der Waals surface area (Å²) in [6.07, 6.45) is 1.74. The van der Waals surface area contributed by atoms with Crippen LogP contribution in [0.4, 0.5) is 0 Å². The summed E-state index contributed by atoms with van der Waals surface area (Å²) in [4.78, 5) is 4.34. The predicted octanol–water partition coefficient (Wildman–Crippen LogP) is 3.66. The maximum atomic E-state index is 9.18. The number of hydrogen-bond donors (Lipinski definition) is 0. The largest absolute Gasteiger partial charge is 0.297 e. The fourth-order valence-corrected chi connectivity index (χ4v) is 2.30. The number of hydrogen-bond acceptors (Lipinski definition) is 2. The summed E-state index contributed by atoms with van der Waals surface area (Å²) in [5, 5.41) is 9.18. The third kappa shape index (κ3) is 1.69. The Balaban J connectivity index is 2.33. The summed E-state index contributed by atoms with van der Waals surface area (Å²) < 4.78 is 2.87. The third-order valence-corrected chi connectivity index (χ3v) is 3.29. The van der Waals surface area contributed by atoms with Crippen LogP contribution in [-0.4, -0.2) is 9.55 Å². The smallest absolute Gasteiger partial charge is 0.101 e. The van der Waals surface area contributed by atoms with Crippen LogP contribution in [0.3, 0.4) is 0 Å². The van der Waals surface area contributed by atoms with E-state index in [-0.39, 0.29) is 0 Å². The molecule has 0 saturated carbocycles. The lowest BCUT2D eigenvalue weighted by atomic mass is 10.2. The molecule has 0 aliphatic heterocycles. The topological polar surface area (TPSA) is 41.6 Å². The Morgan fingerprint density at radius 2 is 2.00 bits per heavy atom. The molecule has 3 nitrogen and oxygen atoms in total.